The minimum absolute atomic E-state index is 0.616. The molecule has 3 aromatic heterocycles. The maximum Gasteiger partial charge on any atom is 0.164 e. The molecule has 0 bridgehead atoms. The Morgan fingerprint density at radius 1 is 0.266 bits per heavy atom. The molecule has 298 valence electrons. The van der Waals surface area contributed by atoms with Crippen molar-refractivity contribution in [2.45, 2.75) is 0 Å². The number of aromatic nitrogens is 5. The molecule has 0 amide bonds. The maximum absolute atomic E-state index is 5.26. The smallest absolute Gasteiger partial charge is 0.164 e. The highest BCUT2D eigenvalue weighted by atomic mass is 15.0. The van der Waals surface area contributed by atoms with Crippen LogP contribution < -0.4 is 0 Å². The summed E-state index contributed by atoms with van der Waals surface area (Å²) >= 11 is 0. The number of para-hydroxylation sites is 3. The highest BCUT2D eigenvalue weighted by Crippen LogP contribution is 2.43. The van der Waals surface area contributed by atoms with Gasteiger partial charge in [0.2, 0.25) is 0 Å². The van der Waals surface area contributed by atoms with E-state index >= 15 is 0 Å². The van der Waals surface area contributed by atoms with Gasteiger partial charge in [-0.25, -0.2) is 15.0 Å². The zero-order valence-electron chi connectivity index (χ0n) is 34.6. The third-order valence-electron chi connectivity index (χ3n) is 12.7. The van der Waals surface area contributed by atoms with Gasteiger partial charge < -0.3 is 9.13 Å². The Labute approximate surface area is 368 Å². The van der Waals surface area contributed by atoms with Crippen LogP contribution in [0.2, 0.25) is 0 Å². The lowest BCUT2D eigenvalue weighted by atomic mass is 9.99. The highest BCUT2D eigenvalue weighted by molar-refractivity contribution is 6.21. The molecule has 0 atom stereocenters. The van der Waals surface area contributed by atoms with Gasteiger partial charge in [0.05, 0.1) is 22.1 Å². The Kier molecular flexibility index (Phi) is 8.15. The minimum atomic E-state index is 0.616. The third kappa shape index (κ3) is 5.68. The summed E-state index contributed by atoms with van der Waals surface area (Å²) in [6.45, 7) is 0. The van der Waals surface area contributed by atoms with E-state index in [9.17, 15) is 0 Å². The van der Waals surface area contributed by atoms with Gasteiger partial charge in [-0.2, -0.15) is 0 Å². The summed E-state index contributed by atoms with van der Waals surface area (Å²) in [5, 5.41) is 9.46. The van der Waals surface area contributed by atoms with E-state index in [0.717, 1.165) is 61.0 Å². The fourth-order valence-electron chi connectivity index (χ4n) is 9.86. The van der Waals surface area contributed by atoms with E-state index in [-0.39, 0.29) is 0 Å². The molecule has 0 saturated carbocycles. The lowest BCUT2D eigenvalue weighted by Gasteiger charge is -2.15. The average Bonchev–Trinajstić information content (AvgIpc) is 3.90. The first-order chi connectivity index (χ1) is 31.7. The van der Waals surface area contributed by atoms with Gasteiger partial charge in [0.1, 0.15) is 0 Å². The summed E-state index contributed by atoms with van der Waals surface area (Å²) in [7, 11) is 0. The van der Waals surface area contributed by atoms with Gasteiger partial charge in [-0.1, -0.05) is 182 Å². The van der Waals surface area contributed by atoms with E-state index < -0.39 is 0 Å². The van der Waals surface area contributed by atoms with Crippen LogP contribution in [0, 0.1) is 0 Å². The molecule has 0 spiro atoms. The quantitative estimate of drug-likeness (QED) is 0.168. The lowest BCUT2D eigenvalue weighted by molar-refractivity contribution is 1.07. The SMILES string of the molecule is c1ccc(-c2nc(-c3cccc(-n4c5c(-c6ccc7c(c6)c6ccccc6n7-c6ccccc6)cccc5c5ccc6ccccc6c54)c3)nc(-c3cccc4ccccc34)n2)cc1. The zero-order valence-corrected chi connectivity index (χ0v) is 34.6. The number of fused-ring (bicyclic) bond motifs is 9. The second-order valence-corrected chi connectivity index (χ2v) is 16.4. The summed E-state index contributed by atoms with van der Waals surface area (Å²) in [5.74, 6) is 1.89. The molecular weight excluding hydrogens is 779 g/mol. The normalized spacial score (nSPS) is 11.8. The Hall–Kier alpha value is -8.67. The molecule has 0 aliphatic rings. The Morgan fingerprint density at radius 2 is 0.828 bits per heavy atom. The Morgan fingerprint density at radius 3 is 1.67 bits per heavy atom. The summed E-state index contributed by atoms with van der Waals surface area (Å²) in [4.78, 5) is 15.6. The molecule has 64 heavy (non-hydrogen) atoms. The monoisotopic (exact) mass is 815 g/mol. The van der Waals surface area contributed by atoms with Crippen molar-refractivity contribution in [2.24, 2.45) is 0 Å². The predicted molar refractivity (Wildman–Crippen MR) is 265 cm³/mol. The van der Waals surface area contributed by atoms with Crippen LogP contribution in [0.3, 0.4) is 0 Å². The number of nitrogens with zero attached hydrogens (tertiary/aromatic N) is 5. The number of benzene rings is 10. The highest BCUT2D eigenvalue weighted by Gasteiger charge is 2.21. The molecule has 13 aromatic rings. The molecule has 5 nitrogen and oxygen atoms in total. The van der Waals surface area contributed by atoms with Crippen molar-refractivity contribution in [3.05, 3.63) is 224 Å². The van der Waals surface area contributed by atoms with Gasteiger partial charge in [-0.05, 0) is 64.2 Å². The molecular formula is C59H37N5. The fraction of sp³-hybridized carbons (Fsp3) is 0. The van der Waals surface area contributed by atoms with Crippen LogP contribution in [0.1, 0.15) is 0 Å². The van der Waals surface area contributed by atoms with E-state index in [0.29, 0.717) is 17.5 Å². The molecule has 0 aliphatic carbocycles. The van der Waals surface area contributed by atoms with Gasteiger partial charge >= 0.3 is 0 Å². The summed E-state index contributed by atoms with van der Waals surface area (Å²) in [5.41, 5.74) is 12.0. The van der Waals surface area contributed by atoms with Crippen LogP contribution in [0.4, 0.5) is 0 Å². The van der Waals surface area contributed by atoms with Crippen LogP contribution in [0.25, 0.3) is 122 Å². The van der Waals surface area contributed by atoms with Gasteiger partial charge in [-0.3, -0.25) is 0 Å². The molecule has 0 aliphatic heterocycles. The second kappa shape index (κ2) is 14.5. The molecule has 5 heteroatoms. The van der Waals surface area contributed by atoms with E-state index in [1.165, 1.54) is 43.4 Å². The predicted octanol–water partition coefficient (Wildman–Crippen LogP) is 15.0. The van der Waals surface area contributed by atoms with Crippen LogP contribution in [0.15, 0.2) is 224 Å². The molecule has 10 aromatic carbocycles. The van der Waals surface area contributed by atoms with Gasteiger partial charge in [0.15, 0.2) is 17.5 Å². The van der Waals surface area contributed by atoms with Gasteiger partial charge in [0, 0.05) is 60.6 Å². The van der Waals surface area contributed by atoms with Crippen molar-refractivity contribution in [3.8, 4) is 56.7 Å². The van der Waals surface area contributed by atoms with Crippen molar-refractivity contribution in [2.75, 3.05) is 0 Å². The Bertz CT molecular complexity index is 3950. The molecule has 0 radical (unpaired) electrons. The van der Waals surface area contributed by atoms with Crippen molar-refractivity contribution in [3.63, 3.8) is 0 Å². The van der Waals surface area contributed by atoms with Crippen molar-refractivity contribution >= 4 is 65.2 Å². The van der Waals surface area contributed by atoms with E-state index in [2.05, 4.69) is 215 Å². The Balaban J connectivity index is 1.06. The standard InChI is InChI=1S/C59H37N5/c1-3-18-40(19-4-1)57-60-58(62-59(61-57)51-30-14-20-38-16-7-9-25-45(38)51)42-21-13-24-44(36-42)64-55-46-26-10-8-17-39(46)32-34-50(55)49-29-15-28-47(56(49)64)41-33-35-54-52(37-41)48-27-11-12-31-53(48)63(54)43-22-5-2-6-23-43/h1-37H. The van der Waals surface area contributed by atoms with E-state index in [1.54, 1.807) is 0 Å². The first kappa shape index (κ1) is 36.0. The second-order valence-electron chi connectivity index (χ2n) is 16.4. The minimum Gasteiger partial charge on any atom is -0.309 e. The average molecular weight is 816 g/mol. The van der Waals surface area contributed by atoms with Crippen molar-refractivity contribution < 1.29 is 0 Å². The number of hydrogen-bond donors (Lipinski definition) is 0. The third-order valence-corrected chi connectivity index (χ3v) is 12.7. The van der Waals surface area contributed by atoms with Crippen LogP contribution >= 0.6 is 0 Å². The molecule has 3 heterocycles. The van der Waals surface area contributed by atoms with Crippen molar-refractivity contribution in [1.29, 1.82) is 0 Å². The largest absolute Gasteiger partial charge is 0.309 e. The van der Waals surface area contributed by atoms with Crippen molar-refractivity contribution in [1.82, 2.24) is 24.1 Å². The van der Waals surface area contributed by atoms with Crippen LogP contribution in [0.5, 0.6) is 0 Å². The molecule has 0 saturated heterocycles. The molecule has 0 fully saturated rings. The maximum atomic E-state index is 5.26. The molecule has 0 unspecified atom stereocenters. The molecule has 13 rings (SSSR count). The molecule has 0 N–H and O–H groups in total. The number of rotatable bonds is 6. The topological polar surface area (TPSA) is 48.5 Å². The fourth-order valence-corrected chi connectivity index (χ4v) is 9.86. The van der Waals surface area contributed by atoms with Gasteiger partial charge in [0.25, 0.3) is 0 Å². The lowest BCUT2D eigenvalue weighted by Crippen LogP contribution is -2.01. The summed E-state index contributed by atoms with van der Waals surface area (Å²) in [6.07, 6.45) is 0. The first-order valence-corrected chi connectivity index (χ1v) is 21.7. The van der Waals surface area contributed by atoms with Crippen LogP contribution in [-0.2, 0) is 0 Å². The summed E-state index contributed by atoms with van der Waals surface area (Å²) < 4.78 is 4.84. The number of hydrogen-bond acceptors (Lipinski definition) is 3. The zero-order chi connectivity index (χ0) is 42.1. The first-order valence-electron chi connectivity index (χ1n) is 21.7. The van der Waals surface area contributed by atoms with E-state index in [4.69, 9.17) is 15.0 Å². The van der Waals surface area contributed by atoms with Crippen LogP contribution in [-0.4, -0.2) is 24.1 Å². The summed E-state index contributed by atoms with van der Waals surface area (Å²) in [6, 6.07) is 79.9. The van der Waals surface area contributed by atoms with E-state index in [1.807, 2.05) is 18.2 Å². The van der Waals surface area contributed by atoms with Gasteiger partial charge in [-0.15, -0.1) is 0 Å².